The zero-order chi connectivity index (χ0) is 20.3. The van der Waals surface area contributed by atoms with Gasteiger partial charge in [-0.3, -0.25) is 19.4 Å². The predicted octanol–water partition coefficient (Wildman–Crippen LogP) is 2.37. The Bertz CT molecular complexity index is 989. The third-order valence-corrected chi connectivity index (χ3v) is 6.39. The molecule has 5 heterocycles. The molecule has 6 rings (SSSR count). The van der Waals surface area contributed by atoms with E-state index >= 15 is 0 Å². The van der Waals surface area contributed by atoms with Crippen molar-refractivity contribution in [2.45, 2.75) is 32.0 Å². The molecule has 0 spiro atoms. The van der Waals surface area contributed by atoms with Crippen molar-refractivity contribution in [2.24, 2.45) is 11.8 Å². The molecule has 7 heteroatoms. The molecule has 3 aliphatic rings. The van der Waals surface area contributed by atoms with Crippen molar-refractivity contribution in [3.8, 4) is 11.4 Å². The van der Waals surface area contributed by atoms with Gasteiger partial charge in [0.15, 0.2) is 0 Å². The summed E-state index contributed by atoms with van der Waals surface area (Å²) in [7, 11) is 0. The van der Waals surface area contributed by atoms with Crippen molar-refractivity contribution in [1.29, 1.82) is 0 Å². The number of rotatable bonds is 6. The SMILES string of the molecule is O=C(NCc1ccccc1)[C@@H]1CN2CC[C@H]1C[C@@H]2Cn1cc(-c2ccccn2)nn1. The number of pyridine rings is 1. The number of nitrogens with zero attached hydrogens (tertiary/aromatic N) is 5. The molecule has 3 aliphatic heterocycles. The standard InChI is InChI=1S/C23H26N6O/c30-23(25-13-17-6-2-1-3-7-17)20-15-28-11-9-18(20)12-19(28)14-29-16-22(26-27-29)21-8-4-5-10-24-21/h1-8,10,16,18-20H,9,11-15H2,(H,25,30)/t18-,19+,20+/m0/s1. The number of aromatic nitrogens is 4. The molecule has 3 aromatic rings. The van der Waals surface area contributed by atoms with Gasteiger partial charge in [0.1, 0.15) is 5.69 Å². The highest BCUT2D eigenvalue weighted by atomic mass is 16.1. The molecule has 2 aromatic heterocycles. The highest BCUT2D eigenvalue weighted by Gasteiger charge is 2.43. The lowest BCUT2D eigenvalue weighted by Gasteiger charge is -2.49. The second-order valence-electron chi connectivity index (χ2n) is 8.28. The largest absolute Gasteiger partial charge is 0.352 e. The minimum atomic E-state index is 0.0820. The first-order chi connectivity index (χ1) is 14.8. The van der Waals surface area contributed by atoms with Gasteiger partial charge in [-0.2, -0.15) is 0 Å². The first-order valence-corrected chi connectivity index (χ1v) is 10.6. The van der Waals surface area contributed by atoms with Crippen LogP contribution < -0.4 is 5.32 Å². The molecule has 1 unspecified atom stereocenters. The van der Waals surface area contributed by atoms with Gasteiger partial charge in [0, 0.05) is 25.3 Å². The van der Waals surface area contributed by atoms with Gasteiger partial charge in [-0.15, -0.1) is 5.10 Å². The van der Waals surface area contributed by atoms with Crippen LogP contribution in [0.4, 0.5) is 0 Å². The molecular weight excluding hydrogens is 376 g/mol. The fraction of sp³-hybridized carbons (Fsp3) is 0.391. The van der Waals surface area contributed by atoms with Gasteiger partial charge in [0.25, 0.3) is 0 Å². The van der Waals surface area contributed by atoms with E-state index in [0.29, 0.717) is 18.5 Å². The zero-order valence-electron chi connectivity index (χ0n) is 16.9. The number of carbonyl (C=O) groups is 1. The summed E-state index contributed by atoms with van der Waals surface area (Å²) in [6, 6.07) is 16.3. The molecule has 154 valence electrons. The van der Waals surface area contributed by atoms with Crippen LogP contribution in [-0.2, 0) is 17.9 Å². The monoisotopic (exact) mass is 402 g/mol. The van der Waals surface area contributed by atoms with E-state index < -0.39 is 0 Å². The van der Waals surface area contributed by atoms with Crippen molar-refractivity contribution in [2.75, 3.05) is 13.1 Å². The van der Waals surface area contributed by atoms with Crippen molar-refractivity contribution in [3.05, 3.63) is 66.5 Å². The Labute approximate surface area is 176 Å². The highest BCUT2D eigenvalue weighted by molar-refractivity contribution is 5.79. The Morgan fingerprint density at radius 3 is 2.73 bits per heavy atom. The van der Waals surface area contributed by atoms with Crippen LogP contribution in [-0.4, -0.2) is 49.9 Å². The fourth-order valence-corrected chi connectivity index (χ4v) is 4.78. The maximum Gasteiger partial charge on any atom is 0.224 e. The van der Waals surface area contributed by atoms with Crippen LogP contribution in [0, 0.1) is 11.8 Å². The maximum absolute atomic E-state index is 12.8. The molecule has 0 saturated carbocycles. The maximum atomic E-state index is 12.8. The van der Waals surface area contributed by atoms with Crippen LogP contribution in [0.25, 0.3) is 11.4 Å². The van der Waals surface area contributed by atoms with E-state index in [9.17, 15) is 4.79 Å². The van der Waals surface area contributed by atoms with Gasteiger partial charge in [0.2, 0.25) is 5.91 Å². The Hall–Kier alpha value is -3.06. The van der Waals surface area contributed by atoms with Crippen molar-refractivity contribution in [1.82, 2.24) is 30.2 Å². The number of piperidine rings is 3. The van der Waals surface area contributed by atoms with E-state index in [4.69, 9.17) is 0 Å². The van der Waals surface area contributed by atoms with Crippen molar-refractivity contribution < 1.29 is 4.79 Å². The number of nitrogens with one attached hydrogen (secondary N) is 1. The lowest BCUT2D eigenvalue weighted by Crippen LogP contribution is -2.57. The Morgan fingerprint density at radius 2 is 1.97 bits per heavy atom. The summed E-state index contributed by atoms with van der Waals surface area (Å²) in [5.74, 6) is 0.707. The molecule has 1 amide bonds. The van der Waals surface area contributed by atoms with Crippen LogP contribution in [0.15, 0.2) is 60.9 Å². The normalized spacial score (nSPS) is 25.2. The van der Waals surface area contributed by atoms with Crippen LogP contribution in [0.3, 0.4) is 0 Å². The minimum Gasteiger partial charge on any atom is -0.352 e. The quantitative estimate of drug-likeness (QED) is 0.685. The number of hydrogen-bond acceptors (Lipinski definition) is 5. The smallest absolute Gasteiger partial charge is 0.224 e. The van der Waals surface area contributed by atoms with Crippen molar-refractivity contribution >= 4 is 5.91 Å². The van der Waals surface area contributed by atoms with E-state index in [1.807, 2.05) is 59.4 Å². The Balaban J connectivity index is 1.19. The molecule has 0 aliphatic carbocycles. The molecule has 4 atom stereocenters. The van der Waals surface area contributed by atoms with Gasteiger partial charge >= 0.3 is 0 Å². The first-order valence-electron chi connectivity index (χ1n) is 10.6. The van der Waals surface area contributed by atoms with Gasteiger partial charge in [-0.05, 0) is 43.0 Å². The summed E-state index contributed by atoms with van der Waals surface area (Å²) in [4.78, 5) is 19.6. The van der Waals surface area contributed by atoms with E-state index in [-0.39, 0.29) is 11.8 Å². The third-order valence-electron chi connectivity index (χ3n) is 6.39. The average molecular weight is 403 g/mol. The molecule has 0 radical (unpaired) electrons. The lowest BCUT2D eigenvalue weighted by atomic mass is 9.75. The fourth-order valence-electron chi connectivity index (χ4n) is 4.78. The Morgan fingerprint density at radius 1 is 1.10 bits per heavy atom. The number of fused-ring (bicyclic) bond motifs is 3. The number of carbonyl (C=O) groups excluding carboxylic acids is 1. The van der Waals surface area contributed by atoms with Crippen LogP contribution in [0.1, 0.15) is 18.4 Å². The second kappa shape index (κ2) is 8.36. The Kier molecular flexibility index (Phi) is 5.27. The molecule has 7 nitrogen and oxygen atoms in total. The van der Waals surface area contributed by atoms with Crippen LogP contribution in [0.2, 0.25) is 0 Å². The molecule has 1 N–H and O–H groups in total. The summed E-state index contributed by atoms with van der Waals surface area (Å²) in [5.41, 5.74) is 2.77. The summed E-state index contributed by atoms with van der Waals surface area (Å²) in [6.45, 7) is 3.29. The van der Waals surface area contributed by atoms with E-state index in [1.165, 1.54) is 0 Å². The van der Waals surface area contributed by atoms with Gasteiger partial charge in [-0.1, -0.05) is 41.6 Å². The highest BCUT2D eigenvalue weighted by Crippen LogP contribution is 2.37. The minimum absolute atomic E-state index is 0.0820. The van der Waals surface area contributed by atoms with Crippen LogP contribution >= 0.6 is 0 Å². The van der Waals surface area contributed by atoms with E-state index in [2.05, 4.69) is 25.5 Å². The topological polar surface area (TPSA) is 75.9 Å². The van der Waals surface area contributed by atoms with Gasteiger partial charge in [-0.25, -0.2) is 0 Å². The van der Waals surface area contributed by atoms with Crippen molar-refractivity contribution in [3.63, 3.8) is 0 Å². The molecule has 3 fully saturated rings. The summed E-state index contributed by atoms with van der Waals surface area (Å²) < 4.78 is 1.92. The number of hydrogen-bond donors (Lipinski definition) is 1. The molecule has 1 aromatic carbocycles. The summed E-state index contributed by atoms with van der Waals surface area (Å²) >= 11 is 0. The second-order valence-corrected chi connectivity index (χ2v) is 8.28. The van der Waals surface area contributed by atoms with Gasteiger partial charge < -0.3 is 5.32 Å². The lowest BCUT2D eigenvalue weighted by molar-refractivity contribution is -0.133. The number of benzene rings is 1. The van der Waals surface area contributed by atoms with Crippen LogP contribution in [0.5, 0.6) is 0 Å². The van der Waals surface area contributed by atoms with E-state index in [1.54, 1.807) is 6.20 Å². The van der Waals surface area contributed by atoms with E-state index in [0.717, 1.165) is 49.4 Å². The zero-order valence-corrected chi connectivity index (χ0v) is 16.9. The molecule has 30 heavy (non-hydrogen) atoms. The van der Waals surface area contributed by atoms with Gasteiger partial charge in [0.05, 0.1) is 24.4 Å². The molecule has 3 saturated heterocycles. The average Bonchev–Trinajstić information content (AvgIpc) is 3.28. The first kappa shape index (κ1) is 18.9. The molecule has 2 bridgehead atoms. The summed E-state index contributed by atoms with van der Waals surface area (Å²) in [6.07, 6.45) is 5.86. The summed E-state index contributed by atoms with van der Waals surface area (Å²) in [5, 5.41) is 11.7. The third kappa shape index (κ3) is 3.98. The predicted molar refractivity (Wildman–Crippen MR) is 113 cm³/mol. The number of amides is 1. The molecular formula is C23H26N6O.